The fraction of sp³-hybridized carbons (Fsp3) is 0.450. The SMILES string of the molecule is C=C1CC(=O)/C=C(/C)C(=O)CC(C(=C)C)CCC2=C[C@H](C1)OC2=O. The van der Waals surface area contributed by atoms with E-state index in [2.05, 4.69) is 13.2 Å². The number of allylic oxidation sites excluding steroid dienone is 3. The third kappa shape index (κ3) is 4.63. The summed E-state index contributed by atoms with van der Waals surface area (Å²) in [6.45, 7) is 11.4. The molecule has 0 N–H and O–H groups in total. The van der Waals surface area contributed by atoms with E-state index in [0.29, 0.717) is 42.4 Å². The van der Waals surface area contributed by atoms with E-state index >= 15 is 0 Å². The number of esters is 1. The Kier molecular flexibility index (Phi) is 5.71. The van der Waals surface area contributed by atoms with Gasteiger partial charge in [-0.3, -0.25) is 9.59 Å². The maximum atomic E-state index is 12.4. The van der Waals surface area contributed by atoms with Crippen LogP contribution in [0.15, 0.2) is 47.6 Å². The van der Waals surface area contributed by atoms with E-state index in [1.165, 1.54) is 6.08 Å². The summed E-state index contributed by atoms with van der Waals surface area (Å²) in [5.41, 5.74) is 2.71. The van der Waals surface area contributed by atoms with Crippen LogP contribution in [0.2, 0.25) is 0 Å². The molecule has 2 rings (SSSR count). The summed E-state index contributed by atoms with van der Waals surface area (Å²) in [5.74, 6) is -0.528. The van der Waals surface area contributed by atoms with Crippen molar-refractivity contribution >= 4 is 17.5 Å². The third-order valence-corrected chi connectivity index (χ3v) is 4.53. The first kappa shape index (κ1) is 18.1. The van der Waals surface area contributed by atoms with Crippen LogP contribution in [0, 0.1) is 5.92 Å². The fourth-order valence-corrected chi connectivity index (χ4v) is 3.04. The number of carbonyl (C=O) groups is 3. The number of hydrogen-bond donors (Lipinski definition) is 0. The Balaban J connectivity index is 2.26. The molecule has 4 heteroatoms. The highest BCUT2D eigenvalue weighted by Crippen LogP contribution is 2.29. The smallest absolute Gasteiger partial charge is 0.334 e. The standard InChI is InChI=1S/C20H24O4/c1-12(2)15-5-6-16-10-18(24-20(16)23)8-13(3)7-17(21)9-14(4)19(22)11-15/h9-10,15,18H,1,3,5-8,11H2,2,4H3/b14-9-/t15?,18-/m0/s1. The molecule has 128 valence electrons. The van der Waals surface area contributed by atoms with Gasteiger partial charge in [0.1, 0.15) is 6.10 Å². The number of fused-ring (bicyclic) bond motifs is 1. The number of Topliss-reactive ketones (excluding diaryl/α,β-unsaturated/α-hetero) is 1. The molecule has 0 aromatic rings. The molecule has 0 amide bonds. The summed E-state index contributed by atoms with van der Waals surface area (Å²) in [4.78, 5) is 36.4. The lowest BCUT2D eigenvalue weighted by atomic mass is 9.87. The molecule has 2 bridgehead atoms. The molecule has 24 heavy (non-hydrogen) atoms. The molecule has 2 atom stereocenters. The van der Waals surface area contributed by atoms with E-state index in [1.54, 1.807) is 6.92 Å². The zero-order chi connectivity index (χ0) is 17.9. The van der Waals surface area contributed by atoms with Gasteiger partial charge in [0.2, 0.25) is 0 Å². The minimum Gasteiger partial charge on any atom is -0.454 e. The van der Waals surface area contributed by atoms with Gasteiger partial charge in [-0.05, 0) is 50.3 Å². The summed E-state index contributed by atoms with van der Waals surface area (Å²) in [7, 11) is 0. The van der Waals surface area contributed by atoms with Crippen LogP contribution in [-0.2, 0) is 19.1 Å². The van der Waals surface area contributed by atoms with E-state index in [1.807, 2.05) is 13.0 Å². The van der Waals surface area contributed by atoms with Crippen LogP contribution in [0.3, 0.4) is 0 Å². The van der Waals surface area contributed by atoms with Gasteiger partial charge in [0.05, 0.1) is 0 Å². The molecule has 1 aliphatic carbocycles. The van der Waals surface area contributed by atoms with Gasteiger partial charge in [0.15, 0.2) is 11.6 Å². The van der Waals surface area contributed by atoms with Crippen molar-refractivity contribution in [2.45, 2.75) is 52.1 Å². The number of ether oxygens (including phenoxy) is 1. The van der Waals surface area contributed by atoms with Gasteiger partial charge in [-0.2, -0.15) is 0 Å². The van der Waals surface area contributed by atoms with Crippen LogP contribution in [0.5, 0.6) is 0 Å². The van der Waals surface area contributed by atoms with Crippen LogP contribution in [0.4, 0.5) is 0 Å². The Bertz CT molecular complexity index is 663. The second-order valence-electron chi connectivity index (χ2n) is 6.77. The average molecular weight is 328 g/mol. The predicted octanol–water partition coefficient (Wildman–Crippen LogP) is 3.64. The van der Waals surface area contributed by atoms with E-state index < -0.39 is 0 Å². The van der Waals surface area contributed by atoms with Crippen molar-refractivity contribution in [1.29, 1.82) is 0 Å². The first-order valence-corrected chi connectivity index (χ1v) is 8.24. The monoisotopic (exact) mass is 328 g/mol. The summed E-state index contributed by atoms with van der Waals surface area (Å²) in [6, 6.07) is 0. The molecule has 0 fully saturated rings. The van der Waals surface area contributed by atoms with Crippen LogP contribution in [0.1, 0.15) is 46.0 Å². The Morgan fingerprint density at radius 2 is 1.96 bits per heavy atom. The summed E-state index contributed by atoms with van der Waals surface area (Å²) in [6.07, 6.45) is 5.00. The minimum atomic E-state index is -0.342. The van der Waals surface area contributed by atoms with Crippen molar-refractivity contribution in [2.24, 2.45) is 5.92 Å². The average Bonchev–Trinajstić information content (AvgIpc) is 2.81. The largest absolute Gasteiger partial charge is 0.454 e. The van der Waals surface area contributed by atoms with Gasteiger partial charge >= 0.3 is 5.97 Å². The van der Waals surface area contributed by atoms with Crippen molar-refractivity contribution in [1.82, 2.24) is 0 Å². The first-order chi connectivity index (χ1) is 11.3. The van der Waals surface area contributed by atoms with Crippen LogP contribution < -0.4 is 0 Å². The van der Waals surface area contributed by atoms with Crippen LogP contribution >= 0.6 is 0 Å². The molecule has 0 saturated heterocycles. The molecule has 1 unspecified atom stereocenters. The quantitative estimate of drug-likeness (QED) is 0.545. The maximum absolute atomic E-state index is 12.4. The van der Waals surface area contributed by atoms with Crippen molar-refractivity contribution in [3.8, 4) is 0 Å². The molecule has 0 saturated carbocycles. The van der Waals surface area contributed by atoms with Gasteiger partial charge in [-0.15, -0.1) is 0 Å². The van der Waals surface area contributed by atoms with Gasteiger partial charge in [0, 0.05) is 24.8 Å². The van der Waals surface area contributed by atoms with Gasteiger partial charge in [-0.1, -0.05) is 24.3 Å². The van der Waals surface area contributed by atoms with Gasteiger partial charge in [-0.25, -0.2) is 4.79 Å². The molecule has 0 spiro atoms. The van der Waals surface area contributed by atoms with Crippen LogP contribution in [-0.4, -0.2) is 23.6 Å². The fourth-order valence-electron chi connectivity index (χ4n) is 3.04. The molecule has 4 nitrogen and oxygen atoms in total. The number of carbonyl (C=O) groups excluding carboxylic acids is 3. The summed E-state index contributed by atoms with van der Waals surface area (Å²) in [5, 5.41) is 0. The second-order valence-corrected chi connectivity index (χ2v) is 6.77. The highest BCUT2D eigenvalue weighted by atomic mass is 16.5. The molecular formula is C20H24O4. The second kappa shape index (κ2) is 7.56. The van der Waals surface area contributed by atoms with Crippen molar-refractivity contribution in [2.75, 3.05) is 0 Å². The lowest BCUT2D eigenvalue weighted by Crippen LogP contribution is -2.12. The van der Waals surface area contributed by atoms with Crippen molar-refractivity contribution in [3.05, 3.63) is 47.6 Å². The summed E-state index contributed by atoms with van der Waals surface area (Å²) < 4.78 is 5.34. The minimum absolute atomic E-state index is 0.0124. The third-order valence-electron chi connectivity index (χ3n) is 4.53. The molecular weight excluding hydrogens is 304 g/mol. The molecule has 0 aromatic carbocycles. The molecule has 2 aliphatic rings. The zero-order valence-corrected chi connectivity index (χ0v) is 14.4. The molecule has 0 aromatic heterocycles. The Labute approximate surface area is 143 Å². The first-order valence-electron chi connectivity index (χ1n) is 8.24. The van der Waals surface area contributed by atoms with Crippen LogP contribution in [0.25, 0.3) is 0 Å². The molecule has 1 aliphatic heterocycles. The Hall–Kier alpha value is -2.23. The van der Waals surface area contributed by atoms with Gasteiger partial charge < -0.3 is 4.74 Å². The van der Waals surface area contributed by atoms with Gasteiger partial charge in [0.25, 0.3) is 0 Å². The van der Waals surface area contributed by atoms with Crippen molar-refractivity contribution in [3.63, 3.8) is 0 Å². The molecule has 1 heterocycles. The molecule has 0 radical (unpaired) electrons. The Morgan fingerprint density at radius 1 is 1.25 bits per heavy atom. The highest BCUT2D eigenvalue weighted by molar-refractivity contribution is 6.03. The normalized spacial score (nSPS) is 28.6. The predicted molar refractivity (Wildman–Crippen MR) is 92.3 cm³/mol. The zero-order valence-electron chi connectivity index (χ0n) is 14.4. The topological polar surface area (TPSA) is 60.4 Å². The highest BCUT2D eigenvalue weighted by Gasteiger charge is 2.27. The number of hydrogen-bond acceptors (Lipinski definition) is 4. The van der Waals surface area contributed by atoms with E-state index in [9.17, 15) is 14.4 Å². The summed E-state index contributed by atoms with van der Waals surface area (Å²) >= 11 is 0. The lowest BCUT2D eigenvalue weighted by molar-refractivity contribution is -0.139. The lowest BCUT2D eigenvalue weighted by Gasteiger charge is -2.16. The Morgan fingerprint density at radius 3 is 2.62 bits per heavy atom. The maximum Gasteiger partial charge on any atom is 0.334 e. The van der Waals surface area contributed by atoms with Crippen molar-refractivity contribution < 1.29 is 19.1 Å². The number of ketones is 2. The van der Waals surface area contributed by atoms with E-state index in [0.717, 1.165) is 5.57 Å². The van der Waals surface area contributed by atoms with E-state index in [4.69, 9.17) is 4.74 Å². The number of rotatable bonds is 1. The van der Waals surface area contributed by atoms with E-state index in [-0.39, 0.29) is 36.0 Å².